The van der Waals surface area contributed by atoms with Crippen molar-refractivity contribution in [3.05, 3.63) is 59.7 Å². The number of halogens is 2. The number of hydrogen-bond donors (Lipinski definition) is 1. The predicted molar refractivity (Wildman–Crippen MR) is 129 cm³/mol. The number of aromatic nitrogens is 4. The Labute approximate surface area is 208 Å². The fourth-order valence-electron chi connectivity index (χ4n) is 4.22. The van der Waals surface area contributed by atoms with Gasteiger partial charge in [0, 0.05) is 61.5 Å². The van der Waals surface area contributed by atoms with Gasteiger partial charge in [-0.15, -0.1) is 0 Å². The van der Waals surface area contributed by atoms with Gasteiger partial charge in [-0.05, 0) is 32.3 Å². The summed E-state index contributed by atoms with van der Waals surface area (Å²) in [5.41, 5.74) is 2.23. The van der Waals surface area contributed by atoms with Gasteiger partial charge in [-0.1, -0.05) is 0 Å². The van der Waals surface area contributed by atoms with Crippen molar-refractivity contribution in [2.75, 3.05) is 24.6 Å². The average molecular weight is 517 g/mol. The molecule has 190 valence electrons. The lowest BCUT2D eigenvalue weighted by atomic mass is 9.98. The van der Waals surface area contributed by atoms with E-state index in [0.717, 1.165) is 17.3 Å². The summed E-state index contributed by atoms with van der Waals surface area (Å²) in [5.74, 6) is -1.40. The van der Waals surface area contributed by atoms with Crippen molar-refractivity contribution in [1.29, 1.82) is 0 Å². The third-order valence-corrected chi connectivity index (χ3v) is 8.28. The standard InChI is InChI=1S/C24H26F2N6O3S/c1-15-18-14-29-24(23-27-7-2-8-28-23)31-20(18)6-10-32(15)16-12-19(25)22(26)21(13-16)35-11-3-9-30-36(33,34)17-4-5-17/h2,7-8,12-15,17,30H,3-6,9-11H2,1H3. The second kappa shape index (κ2) is 10.0. The largest absolute Gasteiger partial charge is 0.490 e. The van der Waals surface area contributed by atoms with Gasteiger partial charge in [-0.3, -0.25) is 0 Å². The van der Waals surface area contributed by atoms with Crippen molar-refractivity contribution >= 4 is 15.7 Å². The van der Waals surface area contributed by atoms with Crippen LogP contribution in [0.2, 0.25) is 0 Å². The number of nitrogens with zero attached hydrogens (tertiary/aromatic N) is 5. The van der Waals surface area contributed by atoms with Crippen molar-refractivity contribution in [3.8, 4) is 17.4 Å². The molecule has 3 aromatic rings. The second-order valence-corrected chi connectivity index (χ2v) is 10.9. The molecule has 12 heteroatoms. The average Bonchev–Trinajstić information content (AvgIpc) is 3.73. The van der Waals surface area contributed by atoms with E-state index in [1.54, 1.807) is 24.7 Å². The van der Waals surface area contributed by atoms with Crippen LogP contribution in [0.1, 0.15) is 43.5 Å². The van der Waals surface area contributed by atoms with Crippen molar-refractivity contribution in [1.82, 2.24) is 24.7 Å². The maximum absolute atomic E-state index is 14.5. The smallest absolute Gasteiger partial charge is 0.214 e. The van der Waals surface area contributed by atoms with Crippen LogP contribution in [0.3, 0.4) is 0 Å². The fraction of sp³-hybridized carbons (Fsp3) is 0.417. The van der Waals surface area contributed by atoms with Gasteiger partial charge in [0.05, 0.1) is 23.6 Å². The minimum Gasteiger partial charge on any atom is -0.490 e. The molecule has 0 bridgehead atoms. The number of sulfonamides is 1. The lowest BCUT2D eigenvalue weighted by molar-refractivity contribution is 0.290. The molecule has 5 rings (SSSR count). The first-order chi connectivity index (χ1) is 17.3. The van der Waals surface area contributed by atoms with Crippen LogP contribution in [0.25, 0.3) is 11.6 Å². The van der Waals surface area contributed by atoms with E-state index < -0.39 is 21.7 Å². The molecule has 0 radical (unpaired) electrons. The minimum atomic E-state index is -3.28. The molecule has 0 spiro atoms. The first kappa shape index (κ1) is 24.4. The van der Waals surface area contributed by atoms with E-state index in [9.17, 15) is 17.2 Å². The number of nitrogens with one attached hydrogen (secondary N) is 1. The van der Waals surface area contributed by atoms with Crippen molar-refractivity contribution in [2.45, 2.75) is 43.9 Å². The van der Waals surface area contributed by atoms with Gasteiger partial charge in [0.2, 0.25) is 15.8 Å². The summed E-state index contributed by atoms with van der Waals surface area (Å²) in [7, 11) is -3.28. The van der Waals surface area contributed by atoms with Crippen molar-refractivity contribution in [3.63, 3.8) is 0 Å². The van der Waals surface area contributed by atoms with Crippen LogP contribution in [0.15, 0.2) is 36.8 Å². The zero-order chi connectivity index (χ0) is 25.3. The third kappa shape index (κ3) is 5.14. The van der Waals surface area contributed by atoms with Crippen LogP contribution in [0.4, 0.5) is 14.5 Å². The zero-order valence-electron chi connectivity index (χ0n) is 19.7. The predicted octanol–water partition coefficient (Wildman–Crippen LogP) is 3.19. The Balaban J connectivity index is 1.27. The quantitative estimate of drug-likeness (QED) is 0.432. The van der Waals surface area contributed by atoms with Gasteiger partial charge < -0.3 is 9.64 Å². The SMILES string of the molecule is CC1c2cnc(-c3ncccn3)nc2CCN1c1cc(F)c(F)c(OCCCNS(=O)(=O)C2CC2)c1. The molecule has 9 nitrogen and oxygen atoms in total. The highest BCUT2D eigenvalue weighted by molar-refractivity contribution is 7.90. The third-order valence-electron chi connectivity index (χ3n) is 6.33. The molecular weight excluding hydrogens is 490 g/mol. The maximum Gasteiger partial charge on any atom is 0.214 e. The summed E-state index contributed by atoms with van der Waals surface area (Å²) in [6.07, 6.45) is 7.25. The highest BCUT2D eigenvalue weighted by atomic mass is 32.2. The van der Waals surface area contributed by atoms with Crippen LogP contribution in [0.5, 0.6) is 5.75 Å². The molecule has 3 heterocycles. The molecule has 1 aliphatic carbocycles. The first-order valence-corrected chi connectivity index (χ1v) is 13.4. The highest BCUT2D eigenvalue weighted by Gasteiger charge is 2.35. The van der Waals surface area contributed by atoms with E-state index in [0.29, 0.717) is 49.6 Å². The van der Waals surface area contributed by atoms with Gasteiger partial charge in [0.25, 0.3) is 0 Å². The van der Waals surface area contributed by atoms with Gasteiger partial charge >= 0.3 is 0 Å². The minimum absolute atomic E-state index is 0.0452. The van der Waals surface area contributed by atoms with E-state index in [1.807, 2.05) is 11.8 Å². The lowest BCUT2D eigenvalue weighted by Crippen LogP contribution is -2.35. The molecule has 1 saturated carbocycles. The number of fused-ring (bicyclic) bond motifs is 1. The Bertz CT molecular complexity index is 1360. The van der Waals surface area contributed by atoms with Crippen LogP contribution in [0, 0.1) is 11.6 Å². The number of benzene rings is 1. The van der Waals surface area contributed by atoms with Crippen molar-refractivity contribution < 1.29 is 21.9 Å². The van der Waals surface area contributed by atoms with E-state index in [1.165, 1.54) is 6.07 Å². The Morgan fingerprint density at radius 2 is 1.92 bits per heavy atom. The van der Waals surface area contributed by atoms with Gasteiger partial charge in [0.15, 0.2) is 23.2 Å². The van der Waals surface area contributed by atoms with Gasteiger partial charge in [-0.2, -0.15) is 4.39 Å². The number of rotatable bonds is 9. The van der Waals surface area contributed by atoms with Crippen molar-refractivity contribution in [2.24, 2.45) is 0 Å². The summed E-state index contributed by atoms with van der Waals surface area (Å²) >= 11 is 0. The van der Waals surface area contributed by atoms with Gasteiger partial charge in [-0.25, -0.2) is 37.5 Å². The molecular formula is C24H26F2N6O3S. The molecule has 2 aliphatic rings. The normalized spacial score (nSPS) is 17.6. The Morgan fingerprint density at radius 3 is 2.67 bits per heavy atom. The highest BCUT2D eigenvalue weighted by Crippen LogP contribution is 2.36. The summed E-state index contributed by atoms with van der Waals surface area (Å²) < 4.78 is 60.7. The monoisotopic (exact) mass is 516 g/mol. The second-order valence-electron chi connectivity index (χ2n) is 8.87. The number of anilines is 1. The molecule has 1 N–H and O–H groups in total. The topological polar surface area (TPSA) is 110 Å². The van der Waals surface area contributed by atoms with Crippen LogP contribution in [-0.4, -0.2) is 53.3 Å². The Morgan fingerprint density at radius 1 is 1.14 bits per heavy atom. The summed E-state index contributed by atoms with van der Waals surface area (Å²) in [6.45, 7) is 2.71. The summed E-state index contributed by atoms with van der Waals surface area (Å²) in [6, 6.07) is 4.16. The molecule has 1 aromatic carbocycles. The lowest BCUT2D eigenvalue weighted by Gasteiger charge is -2.36. The molecule has 1 fully saturated rings. The van der Waals surface area contributed by atoms with Crippen LogP contribution < -0.4 is 14.4 Å². The van der Waals surface area contributed by atoms with Gasteiger partial charge in [0.1, 0.15) is 0 Å². The van der Waals surface area contributed by atoms with E-state index >= 15 is 0 Å². The van der Waals surface area contributed by atoms with E-state index in [-0.39, 0.29) is 30.2 Å². The maximum atomic E-state index is 14.5. The first-order valence-electron chi connectivity index (χ1n) is 11.8. The van der Waals surface area contributed by atoms with E-state index in [4.69, 9.17) is 4.74 Å². The number of hydrogen-bond acceptors (Lipinski definition) is 8. The molecule has 1 unspecified atom stereocenters. The van der Waals surface area contributed by atoms with E-state index in [2.05, 4.69) is 24.7 Å². The molecule has 0 amide bonds. The molecule has 0 saturated heterocycles. The van der Waals surface area contributed by atoms with Crippen LogP contribution in [-0.2, 0) is 16.4 Å². The molecule has 1 atom stereocenters. The van der Waals surface area contributed by atoms with Crippen LogP contribution >= 0.6 is 0 Å². The summed E-state index contributed by atoms with van der Waals surface area (Å²) in [5, 5.41) is -0.304. The molecule has 1 aliphatic heterocycles. The number of ether oxygens (including phenoxy) is 1. The Hall–Kier alpha value is -3.25. The summed E-state index contributed by atoms with van der Waals surface area (Å²) in [4.78, 5) is 19.4. The zero-order valence-corrected chi connectivity index (χ0v) is 20.5. The Kier molecular flexibility index (Phi) is 6.80. The molecule has 2 aromatic heterocycles. The molecule has 36 heavy (non-hydrogen) atoms. The fourth-order valence-corrected chi connectivity index (χ4v) is 5.65.